The molecule has 1 aliphatic rings. The molecule has 0 bridgehead atoms. The molecule has 29 heavy (non-hydrogen) atoms. The minimum atomic E-state index is -0.359. The molecule has 1 amide bonds. The second-order valence-corrected chi connectivity index (χ2v) is 7.70. The van der Waals surface area contributed by atoms with Crippen LogP contribution >= 0.6 is 0 Å². The van der Waals surface area contributed by atoms with Gasteiger partial charge in [-0.1, -0.05) is 48.4 Å². The van der Waals surface area contributed by atoms with Crippen molar-refractivity contribution in [3.05, 3.63) is 81.7 Å². The lowest BCUT2D eigenvalue weighted by Crippen LogP contribution is -2.40. The van der Waals surface area contributed by atoms with Crippen LogP contribution in [0.2, 0.25) is 0 Å². The molecule has 0 unspecified atom stereocenters. The molecule has 2 heterocycles. The highest BCUT2D eigenvalue weighted by Crippen LogP contribution is 2.24. The number of para-hydroxylation sites is 1. The molecule has 5 heteroatoms. The number of hydrogen-bond donors (Lipinski definition) is 1. The van der Waals surface area contributed by atoms with Crippen molar-refractivity contribution in [3.63, 3.8) is 0 Å². The molecular weight excluding hydrogens is 364 g/mol. The number of nitrogens with zero attached hydrogens (tertiary/aromatic N) is 1. The largest absolute Gasteiger partial charge is 0.451 e. The van der Waals surface area contributed by atoms with Gasteiger partial charge in [0, 0.05) is 12.6 Å². The molecule has 1 saturated heterocycles. The minimum Gasteiger partial charge on any atom is -0.451 e. The van der Waals surface area contributed by atoms with Gasteiger partial charge in [0.15, 0.2) is 11.2 Å². The Morgan fingerprint density at radius 1 is 1.07 bits per heavy atom. The summed E-state index contributed by atoms with van der Waals surface area (Å²) < 4.78 is 5.68. The number of rotatable bonds is 5. The second kappa shape index (κ2) is 8.62. The first-order valence-corrected chi connectivity index (χ1v) is 10.2. The third-order valence-electron chi connectivity index (χ3n) is 5.61. The van der Waals surface area contributed by atoms with Gasteiger partial charge in [-0.2, -0.15) is 0 Å². The number of likely N-dealkylation sites (tertiary alicyclic amines) is 1. The Labute approximate surface area is 170 Å². The third kappa shape index (κ3) is 4.40. The van der Waals surface area contributed by atoms with Crippen LogP contribution in [0, 0.1) is 6.92 Å². The first kappa shape index (κ1) is 19.4. The van der Waals surface area contributed by atoms with Gasteiger partial charge < -0.3 is 9.73 Å². The Kier molecular flexibility index (Phi) is 5.76. The number of fused-ring (bicyclic) bond motifs is 1. The Balaban J connectivity index is 1.54. The van der Waals surface area contributed by atoms with Crippen molar-refractivity contribution in [2.45, 2.75) is 32.2 Å². The second-order valence-electron chi connectivity index (χ2n) is 7.70. The molecule has 1 fully saturated rings. The fourth-order valence-electron chi connectivity index (χ4n) is 3.97. The Morgan fingerprint density at radius 3 is 2.55 bits per heavy atom. The van der Waals surface area contributed by atoms with Crippen molar-refractivity contribution in [2.24, 2.45) is 0 Å². The predicted octanol–water partition coefficient (Wildman–Crippen LogP) is 4.06. The molecule has 150 valence electrons. The average molecular weight is 390 g/mol. The maximum absolute atomic E-state index is 12.8. The number of aryl methyl sites for hydroxylation is 1. The lowest BCUT2D eigenvalue weighted by Gasteiger charge is -2.35. The van der Waals surface area contributed by atoms with E-state index in [0.29, 0.717) is 17.5 Å². The van der Waals surface area contributed by atoms with Crippen LogP contribution < -0.4 is 10.7 Å². The molecule has 4 rings (SSSR count). The smallest absolute Gasteiger partial charge is 0.287 e. The van der Waals surface area contributed by atoms with Gasteiger partial charge in [-0.25, -0.2) is 0 Å². The van der Waals surface area contributed by atoms with Gasteiger partial charge in [-0.05, 0) is 50.6 Å². The molecule has 0 aliphatic carbocycles. The van der Waals surface area contributed by atoms with Crippen LogP contribution in [0.5, 0.6) is 0 Å². The zero-order valence-electron chi connectivity index (χ0n) is 16.7. The van der Waals surface area contributed by atoms with E-state index in [1.54, 1.807) is 24.3 Å². The summed E-state index contributed by atoms with van der Waals surface area (Å²) in [5.41, 5.74) is 2.63. The van der Waals surface area contributed by atoms with E-state index >= 15 is 0 Å². The summed E-state index contributed by atoms with van der Waals surface area (Å²) in [7, 11) is 0. The number of carbonyl (C=O) groups excluding carboxylic acids is 1. The fraction of sp³-hybridized carbons (Fsp3) is 0.333. The standard InChI is InChI=1S/C24H26N2O3/c1-17-9-11-18(12-10-17)20(26-13-5-2-6-14-26)16-25-24(28)23-15-21(27)19-7-3-4-8-22(19)29-23/h3-4,7-12,15,20H,2,5-6,13-14,16H2,1H3,(H,25,28)/t20-/m0/s1. The van der Waals surface area contributed by atoms with Gasteiger partial charge in [-0.3, -0.25) is 14.5 Å². The van der Waals surface area contributed by atoms with Gasteiger partial charge in [0.25, 0.3) is 5.91 Å². The van der Waals surface area contributed by atoms with Crippen LogP contribution in [0.25, 0.3) is 11.0 Å². The first-order valence-electron chi connectivity index (χ1n) is 10.2. The van der Waals surface area contributed by atoms with Gasteiger partial charge in [0.1, 0.15) is 5.58 Å². The van der Waals surface area contributed by atoms with Crippen molar-refractivity contribution in [1.82, 2.24) is 10.2 Å². The molecule has 0 saturated carbocycles. The van der Waals surface area contributed by atoms with Gasteiger partial charge >= 0.3 is 0 Å². The lowest BCUT2D eigenvalue weighted by molar-refractivity contribution is 0.0897. The van der Waals surface area contributed by atoms with E-state index in [1.807, 2.05) is 0 Å². The topological polar surface area (TPSA) is 62.6 Å². The zero-order chi connectivity index (χ0) is 20.2. The van der Waals surface area contributed by atoms with Crippen molar-refractivity contribution in [2.75, 3.05) is 19.6 Å². The predicted molar refractivity (Wildman–Crippen MR) is 114 cm³/mol. The molecule has 0 radical (unpaired) electrons. The highest BCUT2D eigenvalue weighted by Gasteiger charge is 2.23. The van der Waals surface area contributed by atoms with Crippen molar-refractivity contribution >= 4 is 16.9 Å². The summed E-state index contributed by atoms with van der Waals surface area (Å²) in [5, 5.41) is 3.47. The van der Waals surface area contributed by atoms with Gasteiger partial charge in [0.05, 0.1) is 11.4 Å². The van der Waals surface area contributed by atoms with Crippen LogP contribution in [-0.2, 0) is 0 Å². The molecule has 1 aromatic heterocycles. The summed E-state index contributed by atoms with van der Waals surface area (Å²) in [5.74, 6) is -0.308. The Morgan fingerprint density at radius 2 is 1.79 bits per heavy atom. The summed E-state index contributed by atoms with van der Waals surface area (Å²) in [6, 6.07) is 16.8. The maximum atomic E-state index is 12.8. The first-order chi connectivity index (χ1) is 14.1. The summed E-state index contributed by atoms with van der Waals surface area (Å²) in [6.07, 6.45) is 3.61. The molecule has 2 aromatic carbocycles. The van der Waals surface area contributed by atoms with Crippen molar-refractivity contribution < 1.29 is 9.21 Å². The molecule has 1 N–H and O–H groups in total. The van der Waals surface area contributed by atoms with Crippen LogP contribution in [0.3, 0.4) is 0 Å². The molecule has 0 spiro atoms. The number of piperidine rings is 1. The van der Waals surface area contributed by atoms with Crippen LogP contribution in [0.15, 0.2) is 63.8 Å². The van der Waals surface area contributed by atoms with Gasteiger partial charge in [0.2, 0.25) is 0 Å². The Hall–Kier alpha value is -2.92. The molecule has 1 aliphatic heterocycles. The molecule has 3 aromatic rings. The normalized spacial score (nSPS) is 15.9. The average Bonchev–Trinajstić information content (AvgIpc) is 2.75. The summed E-state index contributed by atoms with van der Waals surface area (Å²) in [6.45, 7) is 4.60. The minimum absolute atomic E-state index is 0.0509. The number of nitrogens with one attached hydrogen (secondary N) is 1. The van der Waals surface area contributed by atoms with Gasteiger partial charge in [-0.15, -0.1) is 0 Å². The quantitative estimate of drug-likeness (QED) is 0.714. The number of carbonyl (C=O) groups is 1. The van der Waals surface area contributed by atoms with Crippen LogP contribution in [0.4, 0.5) is 0 Å². The SMILES string of the molecule is Cc1ccc([C@H](CNC(=O)c2cc(=O)c3ccccc3o2)N2CCCCC2)cc1. The maximum Gasteiger partial charge on any atom is 0.287 e. The molecule has 5 nitrogen and oxygen atoms in total. The Bertz CT molecular complexity index is 1050. The van der Waals surface area contributed by atoms with Crippen LogP contribution in [-0.4, -0.2) is 30.4 Å². The highest BCUT2D eigenvalue weighted by atomic mass is 16.3. The number of amides is 1. The van der Waals surface area contributed by atoms with E-state index in [4.69, 9.17) is 4.42 Å². The van der Waals surface area contributed by atoms with Crippen molar-refractivity contribution in [1.29, 1.82) is 0 Å². The molecular formula is C24H26N2O3. The molecule has 1 atom stereocenters. The number of hydrogen-bond acceptors (Lipinski definition) is 4. The highest BCUT2D eigenvalue weighted by molar-refractivity contribution is 5.93. The van der Waals surface area contributed by atoms with Crippen LogP contribution in [0.1, 0.15) is 47.0 Å². The van der Waals surface area contributed by atoms with Crippen molar-refractivity contribution in [3.8, 4) is 0 Å². The monoisotopic (exact) mass is 390 g/mol. The van der Waals surface area contributed by atoms with E-state index in [0.717, 1.165) is 13.1 Å². The van der Waals surface area contributed by atoms with E-state index in [1.165, 1.54) is 36.5 Å². The summed E-state index contributed by atoms with van der Waals surface area (Å²) >= 11 is 0. The zero-order valence-corrected chi connectivity index (χ0v) is 16.7. The van der Waals surface area contributed by atoms with E-state index in [-0.39, 0.29) is 23.1 Å². The lowest BCUT2D eigenvalue weighted by atomic mass is 10.0. The van der Waals surface area contributed by atoms with E-state index in [9.17, 15) is 9.59 Å². The van der Waals surface area contributed by atoms with E-state index in [2.05, 4.69) is 41.4 Å². The van der Waals surface area contributed by atoms with E-state index < -0.39 is 0 Å². The number of benzene rings is 2. The fourth-order valence-corrected chi connectivity index (χ4v) is 3.97. The third-order valence-corrected chi connectivity index (χ3v) is 5.61. The summed E-state index contributed by atoms with van der Waals surface area (Å²) in [4.78, 5) is 27.5.